The van der Waals surface area contributed by atoms with Crippen molar-refractivity contribution in [2.45, 2.75) is 126 Å². The first-order valence-electron chi connectivity index (χ1n) is 13.7. The van der Waals surface area contributed by atoms with Crippen LogP contribution in [0, 0.1) is 50.7 Å². The van der Waals surface area contributed by atoms with Gasteiger partial charge in [-0.05, 0) is 115 Å². The van der Waals surface area contributed by atoms with Gasteiger partial charge in [-0.2, -0.15) is 0 Å². The average molecular weight is 427 g/mol. The van der Waals surface area contributed by atoms with E-state index in [4.69, 9.17) is 0 Å². The summed E-state index contributed by atoms with van der Waals surface area (Å²) in [5.41, 5.74) is 5.64. The molecule has 0 bridgehead atoms. The van der Waals surface area contributed by atoms with Crippen LogP contribution in [0.15, 0.2) is 11.1 Å². The van der Waals surface area contributed by atoms with E-state index in [1.54, 1.807) is 0 Å². The van der Waals surface area contributed by atoms with Crippen LogP contribution in [-0.4, -0.2) is 11.2 Å². The monoisotopic (exact) mass is 426 g/mol. The zero-order valence-corrected chi connectivity index (χ0v) is 21.9. The Hall–Kier alpha value is -0.300. The van der Waals surface area contributed by atoms with Gasteiger partial charge in [0.2, 0.25) is 0 Å². The number of aliphatic hydroxyl groups excluding tert-OH is 1. The van der Waals surface area contributed by atoms with Crippen molar-refractivity contribution in [1.29, 1.82) is 0 Å². The van der Waals surface area contributed by atoms with Crippen LogP contribution in [0.4, 0.5) is 0 Å². The van der Waals surface area contributed by atoms with Crippen molar-refractivity contribution in [1.82, 2.24) is 0 Å². The normalized spacial score (nSPS) is 53.6. The van der Waals surface area contributed by atoms with Gasteiger partial charge in [0.1, 0.15) is 0 Å². The molecule has 8 atom stereocenters. The Bertz CT molecular complexity index is 790. The molecule has 176 valence electrons. The summed E-state index contributed by atoms with van der Waals surface area (Å²) in [6, 6.07) is 0. The smallest absolute Gasteiger partial charge is 0.0594 e. The Kier molecular flexibility index (Phi) is 4.82. The molecule has 5 aliphatic rings. The molecule has 4 fully saturated rings. The fourth-order valence-electron chi connectivity index (χ4n) is 11.0. The van der Waals surface area contributed by atoms with Crippen LogP contribution >= 0.6 is 0 Å². The van der Waals surface area contributed by atoms with Crippen molar-refractivity contribution in [2.75, 3.05) is 0 Å². The summed E-state index contributed by atoms with van der Waals surface area (Å²) in [7, 11) is 0. The van der Waals surface area contributed by atoms with E-state index in [0.29, 0.717) is 27.6 Å². The largest absolute Gasteiger partial charge is 0.393 e. The summed E-state index contributed by atoms with van der Waals surface area (Å²) in [5, 5.41) is 10.9. The van der Waals surface area contributed by atoms with Crippen LogP contribution in [0.2, 0.25) is 0 Å². The summed E-state index contributed by atoms with van der Waals surface area (Å²) in [5.74, 6) is 3.03. The first kappa shape index (κ1) is 22.5. The van der Waals surface area contributed by atoms with Crippen molar-refractivity contribution in [3.05, 3.63) is 11.1 Å². The molecule has 31 heavy (non-hydrogen) atoms. The van der Waals surface area contributed by atoms with Crippen LogP contribution in [0.25, 0.3) is 0 Å². The van der Waals surface area contributed by atoms with E-state index in [1.807, 2.05) is 11.1 Å². The number of fused-ring (bicyclic) bond motifs is 7. The highest BCUT2D eigenvalue weighted by Gasteiger charge is 2.68. The molecule has 4 saturated carbocycles. The lowest BCUT2D eigenvalue weighted by Crippen LogP contribution is -2.65. The number of hydrogen-bond donors (Lipinski definition) is 1. The highest BCUT2D eigenvalue weighted by atomic mass is 16.3. The molecule has 5 rings (SSSR count). The molecule has 0 spiro atoms. The molecule has 5 aliphatic carbocycles. The van der Waals surface area contributed by atoms with Crippen molar-refractivity contribution in [2.24, 2.45) is 50.7 Å². The molecule has 0 saturated heterocycles. The van der Waals surface area contributed by atoms with Gasteiger partial charge in [0.25, 0.3) is 0 Å². The SMILES string of the molecule is CC(C)C1=C2C3CCC4C5(C)CCC(O)C(C)(C)C5CCC4(C)C3(C)CCC2(C)CC1. The van der Waals surface area contributed by atoms with Crippen LogP contribution in [0.1, 0.15) is 120 Å². The van der Waals surface area contributed by atoms with Gasteiger partial charge in [-0.15, -0.1) is 0 Å². The van der Waals surface area contributed by atoms with Crippen LogP contribution in [0.5, 0.6) is 0 Å². The Morgan fingerprint density at radius 1 is 0.742 bits per heavy atom. The van der Waals surface area contributed by atoms with E-state index in [0.717, 1.165) is 24.2 Å². The topological polar surface area (TPSA) is 20.2 Å². The predicted octanol–water partition coefficient (Wildman–Crippen LogP) is 8.17. The number of allylic oxidation sites excluding steroid dienone is 2. The van der Waals surface area contributed by atoms with E-state index < -0.39 is 0 Å². The number of hydrogen-bond acceptors (Lipinski definition) is 1. The summed E-state index contributed by atoms with van der Waals surface area (Å²) < 4.78 is 0. The number of aliphatic hydroxyl groups is 1. The fourth-order valence-corrected chi connectivity index (χ4v) is 11.0. The van der Waals surface area contributed by atoms with E-state index in [1.165, 1.54) is 57.8 Å². The van der Waals surface area contributed by atoms with Gasteiger partial charge in [0, 0.05) is 0 Å². The standard InChI is InChI=1S/C30H50O/c1-19(2)20-11-14-27(5)17-18-29(7)21(25(20)27)9-10-23-28(6)15-13-24(31)26(3,4)22(28)12-16-30(23,29)8/h19,21-24,31H,9-18H2,1-8H3. The minimum absolute atomic E-state index is 0.0655. The third-order valence-electron chi connectivity index (χ3n) is 13.0. The lowest BCUT2D eigenvalue weighted by atomic mass is 9.33. The third kappa shape index (κ3) is 2.65. The van der Waals surface area contributed by atoms with E-state index >= 15 is 0 Å². The van der Waals surface area contributed by atoms with Crippen molar-refractivity contribution in [3.63, 3.8) is 0 Å². The molecular weight excluding hydrogens is 376 g/mol. The van der Waals surface area contributed by atoms with Gasteiger partial charge in [0.15, 0.2) is 0 Å². The third-order valence-corrected chi connectivity index (χ3v) is 13.0. The zero-order chi connectivity index (χ0) is 22.6. The van der Waals surface area contributed by atoms with Crippen LogP contribution in [-0.2, 0) is 0 Å². The first-order chi connectivity index (χ1) is 14.3. The first-order valence-corrected chi connectivity index (χ1v) is 13.7. The molecule has 8 unspecified atom stereocenters. The fraction of sp³-hybridized carbons (Fsp3) is 0.933. The predicted molar refractivity (Wildman–Crippen MR) is 131 cm³/mol. The average Bonchev–Trinajstić information content (AvgIpc) is 3.04. The minimum Gasteiger partial charge on any atom is -0.393 e. The van der Waals surface area contributed by atoms with Crippen LogP contribution in [0.3, 0.4) is 0 Å². The minimum atomic E-state index is -0.116. The quantitative estimate of drug-likeness (QED) is 0.419. The Morgan fingerprint density at radius 2 is 1.45 bits per heavy atom. The van der Waals surface area contributed by atoms with Gasteiger partial charge in [-0.1, -0.05) is 66.5 Å². The van der Waals surface area contributed by atoms with Crippen molar-refractivity contribution in [3.8, 4) is 0 Å². The molecular formula is C30H50O. The molecule has 0 aromatic rings. The highest BCUT2D eigenvalue weighted by molar-refractivity contribution is 5.37. The lowest BCUT2D eigenvalue weighted by molar-refractivity contribution is -0.228. The summed E-state index contributed by atoms with van der Waals surface area (Å²) >= 11 is 0. The second kappa shape index (κ2) is 6.64. The molecule has 0 aromatic carbocycles. The van der Waals surface area contributed by atoms with Crippen LogP contribution < -0.4 is 0 Å². The van der Waals surface area contributed by atoms with Gasteiger partial charge in [0.05, 0.1) is 6.10 Å². The molecule has 0 amide bonds. The van der Waals surface area contributed by atoms with Crippen molar-refractivity contribution >= 4 is 0 Å². The zero-order valence-electron chi connectivity index (χ0n) is 21.9. The number of rotatable bonds is 1. The van der Waals surface area contributed by atoms with E-state index in [9.17, 15) is 5.11 Å². The maximum atomic E-state index is 10.9. The molecule has 1 heteroatoms. The van der Waals surface area contributed by atoms with Gasteiger partial charge in [-0.3, -0.25) is 0 Å². The summed E-state index contributed by atoms with van der Waals surface area (Å²) in [6.45, 7) is 20.4. The molecule has 0 radical (unpaired) electrons. The van der Waals surface area contributed by atoms with Gasteiger partial charge < -0.3 is 5.11 Å². The van der Waals surface area contributed by atoms with Gasteiger partial charge in [-0.25, -0.2) is 0 Å². The highest BCUT2D eigenvalue weighted by Crippen LogP contribution is 2.76. The Balaban J connectivity index is 1.58. The van der Waals surface area contributed by atoms with E-state index in [2.05, 4.69) is 55.4 Å². The van der Waals surface area contributed by atoms with E-state index in [-0.39, 0.29) is 11.5 Å². The summed E-state index contributed by atoms with van der Waals surface area (Å²) in [6.07, 6.45) is 13.3. The second-order valence-corrected chi connectivity index (χ2v) is 14.6. The second-order valence-electron chi connectivity index (χ2n) is 14.6. The molecule has 0 aliphatic heterocycles. The van der Waals surface area contributed by atoms with Gasteiger partial charge >= 0.3 is 0 Å². The van der Waals surface area contributed by atoms with Crippen molar-refractivity contribution < 1.29 is 5.11 Å². The Morgan fingerprint density at radius 3 is 2.13 bits per heavy atom. The lowest BCUT2D eigenvalue weighted by Gasteiger charge is -2.72. The molecule has 1 nitrogen and oxygen atoms in total. The molecule has 0 heterocycles. The summed E-state index contributed by atoms with van der Waals surface area (Å²) in [4.78, 5) is 0. The molecule has 0 aromatic heterocycles. The maximum absolute atomic E-state index is 10.9. The molecule has 1 N–H and O–H groups in total. The Labute approximate surface area is 192 Å². The maximum Gasteiger partial charge on any atom is 0.0594 e.